The van der Waals surface area contributed by atoms with E-state index in [0.29, 0.717) is 0 Å². The van der Waals surface area contributed by atoms with E-state index >= 15 is 0 Å². The molecule has 0 aliphatic heterocycles. The molecule has 0 unspecified atom stereocenters. The molecule has 0 amide bonds. The van der Waals surface area contributed by atoms with Crippen molar-refractivity contribution in [3.8, 4) is 0 Å². The predicted octanol–water partition coefficient (Wildman–Crippen LogP) is 3.72. The number of aryl methyl sites for hydroxylation is 2. The van der Waals surface area contributed by atoms with Crippen molar-refractivity contribution in [1.29, 1.82) is 0 Å². The molecule has 102 valence electrons. The van der Waals surface area contributed by atoms with Crippen molar-refractivity contribution >= 4 is 17.0 Å². The summed E-state index contributed by atoms with van der Waals surface area (Å²) >= 11 is 1.89. The molecule has 1 N–H and O–H groups in total. The van der Waals surface area contributed by atoms with Crippen LogP contribution in [-0.4, -0.2) is 14.1 Å². The minimum Gasteiger partial charge on any atom is -0.370 e. The van der Waals surface area contributed by atoms with Gasteiger partial charge in [0.25, 0.3) is 0 Å². The van der Waals surface area contributed by atoms with Crippen LogP contribution in [0.2, 0.25) is 0 Å². The van der Waals surface area contributed by atoms with Gasteiger partial charge in [0.2, 0.25) is 0 Å². The van der Waals surface area contributed by atoms with Crippen LogP contribution in [0, 0.1) is 13.8 Å². The van der Waals surface area contributed by atoms with Gasteiger partial charge in [0.05, 0.1) is 0 Å². The monoisotopic (exact) mass is 274 g/mol. The van der Waals surface area contributed by atoms with E-state index in [1.54, 1.807) is 0 Å². The Labute approximate surface area is 120 Å². The highest BCUT2D eigenvalue weighted by atomic mass is 32.1. The lowest BCUT2D eigenvalue weighted by molar-refractivity contribution is 0.829. The van der Waals surface area contributed by atoms with Gasteiger partial charge in [0.1, 0.15) is 0 Å². The average Bonchev–Trinajstić information content (AvgIpc) is 2.71. The van der Waals surface area contributed by atoms with E-state index in [0.717, 1.165) is 13.1 Å². The molecule has 0 atom stereocenters. The highest BCUT2D eigenvalue weighted by Gasteiger charge is 2.08. The maximum Gasteiger partial charge on any atom is 0.0437 e. The SMILES string of the molecule is CNCc1cc(CN(C)c2ccc(C)cc2)c(C)s1. The van der Waals surface area contributed by atoms with Gasteiger partial charge in [0.15, 0.2) is 0 Å². The van der Waals surface area contributed by atoms with Crippen LogP contribution < -0.4 is 10.2 Å². The first kappa shape index (κ1) is 14.1. The third-order valence-corrected chi connectivity index (χ3v) is 4.40. The molecule has 0 saturated heterocycles. The molecular formula is C16H22N2S. The van der Waals surface area contributed by atoms with E-state index in [9.17, 15) is 0 Å². The zero-order valence-electron chi connectivity index (χ0n) is 12.2. The maximum atomic E-state index is 3.21. The maximum absolute atomic E-state index is 3.21. The Hall–Kier alpha value is -1.32. The van der Waals surface area contributed by atoms with Gasteiger partial charge >= 0.3 is 0 Å². The van der Waals surface area contributed by atoms with Crippen molar-refractivity contribution in [2.24, 2.45) is 0 Å². The summed E-state index contributed by atoms with van der Waals surface area (Å²) in [5.41, 5.74) is 4.00. The average molecular weight is 274 g/mol. The second-order valence-electron chi connectivity index (χ2n) is 5.02. The van der Waals surface area contributed by atoms with Gasteiger partial charge in [-0.25, -0.2) is 0 Å². The molecule has 19 heavy (non-hydrogen) atoms. The van der Waals surface area contributed by atoms with Crippen LogP contribution in [-0.2, 0) is 13.1 Å². The summed E-state index contributed by atoms with van der Waals surface area (Å²) in [6.45, 7) is 6.26. The van der Waals surface area contributed by atoms with Crippen LogP contribution in [0.5, 0.6) is 0 Å². The van der Waals surface area contributed by atoms with Gasteiger partial charge in [-0.2, -0.15) is 0 Å². The van der Waals surface area contributed by atoms with Crippen LogP contribution in [0.25, 0.3) is 0 Å². The van der Waals surface area contributed by atoms with Crippen molar-refractivity contribution < 1.29 is 0 Å². The molecule has 1 heterocycles. The number of rotatable bonds is 5. The molecule has 0 radical (unpaired) electrons. The van der Waals surface area contributed by atoms with E-state index in [2.05, 4.69) is 61.4 Å². The highest BCUT2D eigenvalue weighted by Crippen LogP contribution is 2.24. The molecule has 3 heteroatoms. The molecule has 0 saturated carbocycles. The van der Waals surface area contributed by atoms with E-state index < -0.39 is 0 Å². The Bertz CT molecular complexity index is 528. The van der Waals surface area contributed by atoms with Crippen LogP contribution in [0.15, 0.2) is 30.3 Å². The summed E-state index contributed by atoms with van der Waals surface area (Å²) in [4.78, 5) is 5.13. The molecule has 0 spiro atoms. The Morgan fingerprint density at radius 1 is 1.16 bits per heavy atom. The largest absolute Gasteiger partial charge is 0.370 e. The van der Waals surface area contributed by atoms with E-state index in [-0.39, 0.29) is 0 Å². The first-order valence-electron chi connectivity index (χ1n) is 6.60. The topological polar surface area (TPSA) is 15.3 Å². The van der Waals surface area contributed by atoms with Gasteiger partial charge < -0.3 is 10.2 Å². The predicted molar refractivity (Wildman–Crippen MR) is 85.1 cm³/mol. The Morgan fingerprint density at radius 3 is 2.47 bits per heavy atom. The summed E-state index contributed by atoms with van der Waals surface area (Å²) in [6.07, 6.45) is 0. The molecule has 0 aliphatic rings. The molecule has 2 aromatic rings. The second-order valence-corrected chi connectivity index (χ2v) is 6.36. The third-order valence-electron chi connectivity index (χ3n) is 3.30. The number of anilines is 1. The minimum absolute atomic E-state index is 0.958. The van der Waals surface area contributed by atoms with Gasteiger partial charge in [-0.05, 0) is 44.7 Å². The van der Waals surface area contributed by atoms with Crippen molar-refractivity contribution in [2.75, 3.05) is 19.0 Å². The van der Waals surface area contributed by atoms with Crippen molar-refractivity contribution in [3.63, 3.8) is 0 Å². The zero-order chi connectivity index (χ0) is 13.8. The lowest BCUT2D eigenvalue weighted by atomic mass is 10.2. The number of hydrogen-bond donors (Lipinski definition) is 1. The zero-order valence-corrected chi connectivity index (χ0v) is 13.0. The number of thiophene rings is 1. The number of benzene rings is 1. The number of hydrogen-bond acceptors (Lipinski definition) is 3. The molecule has 0 aliphatic carbocycles. The van der Waals surface area contributed by atoms with Crippen LogP contribution >= 0.6 is 11.3 Å². The smallest absolute Gasteiger partial charge is 0.0437 e. The molecule has 1 aromatic carbocycles. The number of nitrogens with zero attached hydrogens (tertiary/aromatic N) is 1. The molecule has 2 nitrogen and oxygen atoms in total. The number of nitrogens with one attached hydrogen (secondary N) is 1. The van der Waals surface area contributed by atoms with Crippen LogP contribution in [0.1, 0.15) is 20.9 Å². The van der Waals surface area contributed by atoms with E-state index in [4.69, 9.17) is 0 Å². The minimum atomic E-state index is 0.958. The van der Waals surface area contributed by atoms with Crippen LogP contribution in [0.3, 0.4) is 0 Å². The second kappa shape index (κ2) is 6.22. The Morgan fingerprint density at radius 2 is 1.84 bits per heavy atom. The van der Waals surface area contributed by atoms with Gasteiger partial charge in [-0.15, -0.1) is 11.3 Å². The first-order valence-corrected chi connectivity index (χ1v) is 7.42. The summed E-state index contributed by atoms with van der Waals surface area (Å²) in [5.74, 6) is 0. The quantitative estimate of drug-likeness (QED) is 0.894. The Kier molecular flexibility index (Phi) is 4.61. The van der Waals surface area contributed by atoms with Crippen molar-refractivity contribution in [1.82, 2.24) is 5.32 Å². The molecular weight excluding hydrogens is 252 g/mol. The summed E-state index contributed by atoms with van der Waals surface area (Å²) in [5, 5.41) is 3.21. The van der Waals surface area contributed by atoms with E-state index in [1.165, 1.54) is 26.6 Å². The van der Waals surface area contributed by atoms with Crippen molar-refractivity contribution in [3.05, 3.63) is 51.2 Å². The van der Waals surface area contributed by atoms with E-state index in [1.807, 2.05) is 18.4 Å². The summed E-state index contributed by atoms with van der Waals surface area (Å²) < 4.78 is 0. The summed E-state index contributed by atoms with van der Waals surface area (Å²) in [7, 11) is 4.15. The summed E-state index contributed by atoms with van der Waals surface area (Å²) in [6, 6.07) is 11.0. The molecule has 0 bridgehead atoms. The van der Waals surface area contributed by atoms with Gasteiger partial charge in [-0.1, -0.05) is 17.7 Å². The Balaban J connectivity index is 2.09. The third kappa shape index (κ3) is 3.58. The van der Waals surface area contributed by atoms with Gasteiger partial charge in [0, 0.05) is 35.6 Å². The lowest BCUT2D eigenvalue weighted by Crippen LogP contribution is -2.16. The molecule has 0 fully saturated rings. The molecule has 1 aromatic heterocycles. The fraction of sp³-hybridized carbons (Fsp3) is 0.375. The fourth-order valence-electron chi connectivity index (χ4n) is 2.15. The van der Waals surface area contributed by atoms with Crippen molar-refractivity contribution in [2.45, 2.75) is 26.9 Å². The highest BCUT2D eigenvalue weighted by molar-refractivity contribution is 7.12. The standard InChI is InChI=1S/C16H22N2S/c1-12-5-7-15(8-6-12)18(4)11-14-9-16(10-17-3)19-13(14)2/h5-9,17H,10-11H2,1-4H3. The van der Waals surface area contributed by atoms with Gasteiger partial charge in [-0.3, -0.25) is 0 Å². The normalized spacial score (nSPS) is 10.7. The van der Waals surface area contributed by atoms with Crippen LogP contribution in [0.4, 0.5) is 5.69 Å². The first-order chi connectivity index (χ1) is 9.10. The molecule has 2 rings (SSSR count). The lowest BCUT2D eigenvalue weighted by Gasteiger charge is -2.19. The fourth-order valence-corrected chi connectivity index (χ4v) is 3.22.